The Morgan fingerprint density at radius 3 is 2.72 bits per heavy atom. The van der Waals surface area contributed by atoms with E-state index in [0.717, 1.165) is 31.1 Å². The molecule has 0 saturated carbocycles. The smallest absolute Gasteiger partial charge is 0.124 e. The maximum atomic E-state index is 5.84. The highest BCUT2D eigenvalue weighted by Gasteiger charge is 2.28. The van der Waals surface area contributed by atoms with Gasteiger partial charge in [-0.1, -0.05) is 18.2 Å². The summed E-state index contributed by atoms with van der Waals surface area (Å²) in [5.41, 5.74) is 1.01. The van der Waals surface area contributed by atoms with Crippen LogP contribution in [0.3, 0.4) is 0 Å². The fourth-order valence-corrected chi connectivity index (χ4v) is 2.06. The Hall–Kier alpha value is -1.94. The number of rotatable bonds is 4. The van der Waals surface area contributed by atoms with Crippen LogP contribution in [-0.4, -0.2) is 34.1 Å². The van der Waals surface area contributed by atoms with Crippen LogP contribution in [0.5, 0.6) is 5.75 Å². The normalized spacial score (nSPS) is 16.2. The topological polar surface area (TPSA) is 38.2 Å². The number of nitrogens with zero attached hydrogens (tertiary/aromatic N) is 3. The average molecular weight is 241 g/mol. The van der Waals surface area contributed by atoms with Gasteiger partial charge in [0.2, 0.25) is 0 Å². The average Bonchev–Trinajstić information content (AvgIpc) is 2.39. The van der Waals surface area contributed by atoms with Crippen molar-refractivity contribution in [1.82, 2.24) is 14.9 Å². The standard InChI is InChI=1S/C14H15N3O/c1-2-4-13(5-3-1)18-14-10-17(11-14)9-12-8-15-6-7-16-12/h1-8,14H,9-11H2. The molecular formula is C14H15N3O. The van der Waals surface area contributed by atoms with Gasteiger partial charge in [0.1, 0.15) is 11.9 Å². The van der Waals surface area contributed by atoms with E-state index >= 15 is 0 Å². The molecule has 1 saturated heterocycles. The first-order valence-electron chi connectivity index (χ1n) is 6.09. The Balaban J connectivity index is 1.46. The van der Waals surface area contributed by atoms with Crippen LogP contribution in [0, 0.1) is 0 Å². The zero-order chi connectivity index (χ0) is 12.2. The van der Waals surface area contributed by atoms with Gasteiger partial charge >= 0.3 is 0 Å². The van der Waals surface area contributed by atoms with Gasteiger partial charge in [0.25, 0.3) is 0 Å². The maximum Gasteiger partial charge on any atom is 0.124 e. The largest absolute Gasteiger partial charge is 0.488 e. The van der Waals surface area contributed by atoms with Gasteiger partial charge in [0.05, 0.1) is 5.69 Å². The zero-order valence-corrected chi connectivity index (χ0v) is 10.1. The van der Waals surface area contributed by atoms with Gasteiger partial charge in [-0.2, -0.15) is 0 Å². The molecule has 2 aromatic rings. The van der Waals surface area contributed by atoms with Crippen LogP contribution in [0.15, 0.2) is 48.9 Å². The second-order valence-electron chi connectivity index (χ2n) is 4.44. The predicted octanol–water partition coefficient (Wildman–Crippen LogP) is 1.74. The Morgan fingerprint density at radius 1 is 1.17 bits per heavy atom. The van der Waals surface area contributed by atoms with Crippen molar-refractivity contribution in [1.29, 1.82) is 0 Å². The van der Waals surface area contributed by atoms with E-state index in [1.165, 1.54) is 0 Å². The minimum atomic E-state index is 0.295. The number of ether oxygens (including phenoxy) is 1. The molecule has 1 aliphatic heterocycles. The molecule has 0 unspecified atom stereocenters. The van der Waals surface area contributed by atoms with Crippen molar-refractivity contribution in [2.24, 2.45) is 0 Å². The van der Waals surface area contributed by atoms with E-state index in [-0.39, 0.29) is 0 Å². The molecule has 4 heteroatoms. The Bertz CT molecular complexity index is 437. The minimum Gasteiger partial charge on any atom is -0.488 e. The van der Waals surface area contributed by atoms with Gasteiger partial charge in [0, 0.05) is 38.2 Å². The lowest BCUT2D eigenvalue weighted by Gasteiger charge is -2.38. The summed E-state index contributed by atoms with van der Waals surface area (Å²) in [4.78, 5) is 10.6. The van der Waals surface area contributed by atoms with Crippen molar-refractivity contribution in [3.63, 3.8) is 0 Å². The van der Waals surface area contributed by atoms with Crippen molar-refractivity contribution >= 4 is 0 Å². The second-order valence-corrected chi connectivity index (χ2v) is 4.44. The summed E-state index contributed by atoms with van der Waals surface area (Å²) in [6.45, 7) is 2.75. The van der Waals surface area contributed by atoms with Crippen LogP contribution in [0.25, 0.3) is 0 Å². The monoisotopic (exact) mass is 241 g/mol. The number of hydrogen-bond acceptors (Lipinski definition) is 4. The molecule has 1 aliphatic rings. The van der Waals surface area contributed by atoms with Crippen LogP contribution in [-0.2, 0) is 6.54 Å². The van der Waals surface area contributed by atoms with E-state index in [1.807, 2.05) is 36.5 Å². The molecule has 0 bridgehead atoms. The number of aromatic nitrogens is 2. The highest BCUT2D eigenvalue weighted by atomic mass is 16.5. The van der Waals surface area contributed by atoms with Gasteiger partial charge in [-0.3, -0.25) is 14.9 Å². The van der Waals surface area contributed by atoms with E-state index < -0.39 is 0 Å². The molecule has 1 aromatic carbocycles. The molecule has 4 nitrogen and oxygen atoms in total. The van der Waals surface area contributed by atoms with E-state index in [4.69, 9.17) is 4.74 Å². The second kappa shape index (κ2) is 5.14. The number of benzene rings is 1. The molecule has 0 spiro atoms. The van der Waals surface area contributed by atoms with Crippen molar-refractivity contribution in [2.45, 2.75) is 12.6 Å². The van der Waals surface area contributed by atoms with Gasteiger partial charge in [-0.25, -0.2) is 0 Å². The quantitative estimate of drug-likeness (QED) is 0.817. The van der Waals surface area contributed by atoms with Gasteiger partial charge in [0.15, 0.2) is 0 Å². The molecule has 0 N–H and O–H groups in total. The minimum absolute atomic E-state index is 0.295. The Morgan fingerprint density at radius 2 is 2.00 bits per heavy atom. The van der Waals surface area contributed by atoms with Crippen LogP contribution in [0.2, 0.25) is 0 Å². The van der Waals surface area contributed by atoms with Crippen molar-refractivity contribution in [3.8, 4) is 5.75 Å². The van der Waals surface area contributed by atoms with E-state index in [0.29, 0.717) is 6.10 Å². The molecule has 0 atom stereocenters. The third-order valence-corrected chi connectivity index (χ3v) is 2.97. The van der Waals surface area contributed by atoms with Crippen LogP contribution in [0.1, 0.15) is 5.69 Å². The molecule has 92 valence electrons. The summed E-state index contributed by atoms with van der Waals surface area (Å²) in [6, 6.07) is 9.96. The van der Waals surface area contributed by atoms with Gasteiger partial charge in [-0.05, 0) is 12.1 Å². The van der Waals surface area contributed by atoms with E-state index in [2.05, 4.69) is 14.9 Å². The Kier molecular flexibility index (Phi) is 3.19. The number of para-hydroxylation sites is 1. The third kappa shape index (κ3) is 2.65. The summed E-state index contributed by atoms with van der Waals surface area (Å²) < 4.78 is 5.84. The van der Waals surface area contributed by atoms with Crippen molar-refractivity contribution in [3.05, 3.63) is 54.6 Å². The van der Waals surface area contributed by atoms with E-state index in [9.17, 15) is 0 Å². The summed E-state index contributed by atoms with van der Waals surface area (Å²) in [7, 11) is 0. The molecule has 3 rings (SSSR count). The lowest BCUT2D eigenvalue weighted by Crippen LogP contribution is -2.53. The zero-order valence-electron chi connectivity index (χ0n) is 10.1. The molecule has 0 aliphatic carbocycles. The lowest BCUT2D eigenvalue weighted by atomic mass is 10.1. The third-order valence-electron chi connectivity index (χ3n) is 2.97. The number of hydrogen-bond donors (Lipinski definition) is 0. The highest BCUT2D eigenvalue weighted by Crippen LogP contribution is 2.18. The maximum absolute atomic E-state index is 5.84. The van der Waals surface area contributed by atoms with Crippen molar-refractivity contribution < 1.29 is 4.74 Å². The molecule has 0 amide bonds. The molecule has 1 fully saturated rings. The summed E-state index contributed by atoms with van der Waals surface area (Å²) in [5.74, 6) is 0.946. The summed E-state index contributed by atoms with van der Waals surface area (Å²) in [5, 5.41) is 0. The number of likely N-dealkylation sites (tertiary alicyclic amines) is 1. The van der Waals surface area contributed by atoms with Crippen molar-refractivity contribution in [2.75, 3.05) is 13.1 Å². The molecule has 0 radical (unpaired) electrons. The van der Waals surface area contributed by atoms with Gasteiger partial charge in [-0.15, -0.1) is 0 Å². The SMILES string of the molecule is c1ccc(OC2CN(Cc3cnccn3)C2)cc1. The fourth-order valence-electron chi connectivity index (χ4n) is 2.06. The van der Waals surface area contributed by atoms with Crippen LogP contribution in [0.4, 0.5) is 0 Å². The molecule has 1 aromatic heterocycles. The molecular weight excluding hydrogens is 226 g/mol. The first-order valence-corrected chi connectivity index (χ1v) is 6.09. The summed E-state index contributed by atoms with van der Waals surface area (Å²) in [6.07, 6.45) is 5.53. The van der Waals surface area contributed by atoms with E-state index in [1.54, 1.807) is 12.4 Å². The van der Waals surface area contributed by atoms with Crippen LogP contribution >= 0.6 is 0 Å². The van der Waals surface area contributed by atoms with Gasteiger partial charge < -0.3 is 4.74 Å². The molecule has 18 heavy (non-hydrogen) atoms. The predicted molar refractivity (Wildman–Crippen MR) is 68.2 cm³/mol. The highest BCUT2D eigenvalue weighted by molar-refractivity contribution is 5.21. The lowest BCUT2D eigenvalue weighted by molar-refractivity contribution is 0.0137. The van der Waals surface area contributed by atoms with Crippen LogP contribution < -0.4 is 4.74 Å². The Labute approximate surface area is 106 Å². The fraction of sp³-hybridized carbons (Fsp3) is 0.286. The molecule has 2 heterocycles. The summed E-state index contributed by atoms with van der Waals surface area (Å²) >= 11 is 0. The first-order chi connectivity index (χ1) is 8.90. The first kappa shape index (κ1) is 11.2.